The van der Waals surface area contributed by atoms with E-state index in [0.717, 1.165) is 28.7 Å². The molecule has 0 radical (unpaired) electrons. The van der Waals surface area contributed by atoms with Gasteiger partial charge in [-0.1, -0.05) is 69.0 Å². The minimum Gasteiger partial charge on any atom is -0.298 e. The maximum absolute atomic E-state index is 13.0. The van der Waals surface area contributed by atoms with Crippen LogP contribution >= 0.6 is 0 Å². The predicted octanol–water partition coefficient (Wildman–Crippen LogP) is 4.34. The zero-order valence-corrected chi connectivity index (χ0v) is 13.3. The van der Waals surface area contributed by atoms with Crippen LogP contribution in [0.2, 0.25) is 0 Å². The van der Waals surface area contributed by atoms with E-state index in [2.05, 4.69) is 17.9 Å². The highest BCUT2D eigenvalue weighted by molar-refractivity contribution is 5.91. The summed E-state index contributed by atoms with van der Waals surface area (Å²) in [6, 6.07) is 16.2. The highest BCUT2D eigenvalue weighted by Gasteiger charge is 2.32. The Labute approximate surface area is 132 Å². The van der Waals surface area contributed by atoms with Gasteiger partial charge in [-0.25, -0.2) is 0 Å². The summed E-state index contributed by atoms with van der Waals surface area (Å²) in [7, 11) is 0. The Kier molecular flexibility index (Phi) is 3.62. The van der Waals surface area contributed by atoms with Crippen molar-refractivity contribution in [1.82, 2.24) is 0 Å². The SMILES string of the molecule is CC(C)(C)C(=O)C1Cc2ccccc2C#Cc2ccccc21. The largest absolute Gasteiger partial charge is 0.298 e. The van der Waals surface area contributed by atoms with Gasteiger partial charge in [0.05, 0.1) is 0 Å². The molecule has 1 heteroatoms. The number of ketones is 1. The van der Waals surface area contributed by atoms with E-state index >= 15 is 0 Å². The Morgan fingerprint density at radius 3 is 2.27 bits per heavy atom. The number of fused-ring (bicyclic) bond motifs is 2. The first kappa shape index (κ1) is 14.6. The van der Waals surface area contributed by atoms with E-state index in [-0.39, 0.29) is 17.1 Å². The summed E-state index contributed by atoms with van der Waals surface area (Å²) in [5.74, 6) is 6.66. The summed E-state index contributed by atoms with van der Waals surface area (Å²) >= 11 is 0. The van der Waals surface area contributed by atoms with Gasteiger partial charge in [-0.3, -0.25) is 4.79 Å². The van der Waals surface area contributed by atoms with E-state index in [4.69, 9.17) is 0 Å². The van der Waals surface area contributed by atoms with Gasteiger partial charge in [0.15, 0.2) is 0 Å². The zero-order valence-electron chi connectivity index (χ0n) is 13.3. The van der Waals surface area contributed by atoms with Gasteiger partial charge >= 0.3 is 0 Å². The molecule has 0 bridgehead atoms. The molecule has 22 heavy (non-hydrogen) atoms. The van der Waals surface area contributed by atoms with Crippen LogP contribution in [0.5, 0.6) is 0 Å². The van der Waals surface area contributed by atoms with E-state index in [1.165, 1.54) is 0 Å². The summed E-state index contributed by atoms with van der Waals surface area (Å²) in [5.41, 5.74) is 3.86. The Balaban J connectivity index is 2.20. The molecule has 0 saturated carbocycles. The molecule has 0 saturated heterocycles. The van der Waals surface area contributed by atoms with Crippen molar-refractivity contribution in [3.8, 4) is 11.8 Å². The van der Waals surface area contributed by atoms with Gasteiger partial charge in [-0.15, -0.1) is 0 Å². The first-order valence-corrected chi connectivity index (χ1v) is 7.70. The van der Waals surface area contributed by atoms with Crippen molar-refractivity contribution in [3.63, 3.8) is 0 Å². The van der Waals surface area contributed by atoms with E-state index in [1.54, 1.807) is 0 Å². The molecule has 0 fully saturated rings. The molecule has 3 rings (SSSR count). The van der Waals surface area contributed by atoms with Crippen LogP contribution in [0, 0.1) is 17.3 Å². The van der Waals surface area contributed by atoms with Crippen LogP contribution in [-0.2, 0) is 11.2 Å². The average molecular weight is 288 g/mol. The van der Waals surface area contributed by atoms with Crippen molar-refractivity contribution in [3.05, 3.63) is 70.8 Å². The van der Waals surface area contributed by atoms with Gasteiger partial charge in [0.2, 0.25) is 0 Å². The molecule has 0 aromatic heterocycles. The standard InChI is InChI=1S/C21H20O/c1-21(2,3)20(22)19-14-17-10-5-4-8-15(17)12-13-16-9-6-7-11-18(16)19/h4-11,19H,14H2,1-3H3. The fourth-order valence-electron chi connectivity index (χ4n) is 2.96. The molecule has 0 aliphatic heterocycles. The molecule has 1 aliphatic carbocycles. The zero-order chi connectivity index (χ0) is 15.7. The second-order valence-corrected chi connectivity index (χ2v) is 6.87. The van der Waals surface area contributed by atoms with E-state index < -0.39 is 0 Å². The minimum absolute atomic E-state index is 0.132. The lowest BCUT2D eigenvalue weighted by Crippen LogP contribution is -2.29. The van der Waals surface area contributed by atoms with Crippen molar-refractivity contribution in [2.75, 3.05) is 0 Å². The van der Waals surface area contributed by atoms with Crippen molar-refractivity contribution in [1.29, 1.82) is 0 Å². The summed E-state index contributed by atoms with van der Waals surface area (Å²) in [4.78, 5) is 13.0. The Hall–Kier alpha value is -2.33. The lowest BCUT2D eigenvalue weighted by Gasteiger charge is -2.27. The summed E-state index contributed by atoms with van der Waals surface area (Å²) < 4.78 is 0. The number of hydrogen-bond acceptors (Lipinski definition) is 1. The van der Waals surface area contributed by atoms with Gasteiger partial charge < -0.3 is 0 Å². The minimum atomic E-state index is -0.362. The number of carbonyl (C=O) groups excluding carboxylic acids is 1. The molecule has 0 heterocycles. The maximum Gasteiger partial charge on any atom is 0.146 e. The van der Waals surface area contributed by atoms with Crippen molar-refractivity contribution in [2.45, 2.75) is 33.1 Å². The van der Waals surface area contributed by atoms with E-state index in [1.807, 2.05) is 63.2 Å². The third-order valence-electron chi connectivity index (χ3n) is 4.17. The molecule has 1 atom stereocenters. The summed E-state index contributed by atoms with van der Waals surface area (Å²) in [6.45, 7) is 5.98. The third-order valence-corrected chi connectivity index (χ3v) is 4.17. The lowest BCUT2D eigenvalue weighted by molar-refractivity contribution is -0.127. The Morgan fingerprint density at radius 1 is 0.955 bits per heavy atom. The molecule has 0 amide bonds. The number of rotatable bonds is 1. The number of benzene rings is 2. The van der Waals surface area contributed by atoms with Crippen molar-refractivity contribution in [2.24, 2.45) is 5.41 Å². The quantitative estimate of drug-likeness (QED) is 0.713. The molecular weight excluding hydrogens is 268 g/mol. The highest BCUT2D eigenvalue weighted by Crippen LogP contribution is 2.33. The van der Waals surface area contributed by atoms with Crippen LogP contribution in [-0.4, -0.2) is 5.78 Å². The monoisotopic (exact) mass is 288 g/mol. The molecule has 1 aliphatic rings. The normalized spacial score (nSPS) is 16.4. The smallest absolute Gasteiger partial charge is 0.146 e. The number of Topliss-reactive ketones (excluding diaryl/α,β-unsaturated/α-hetero) is 1. The second kappa shape index (κ2) is 5.46. The van der Waals surface area contributed by atoms with Gasteiger partial charge in [0.1, 0.15) is 5.78 Å². The fourth-order valence-corrected chi connectivity index (χ4v) is 2.96. The van der Waals surface area contributed by atoms with Crippen LogP contribution in [0.4, 0.5) is 0 Å². The van der Waals surface area contributed by atoms with Crippen LogP contribution in [0.3, 0.4) is 0 Å². The van der Waals surface area contributed by atoms with Crippen LogP contribution in [0.1, 0.15) is 48.9 Å². The average Bonchev–Trinajstić information content (AvgIpc) is 2.48. The van der Waals surface area contributed by atoms with Gasteiger partial charge in [0.25, 0.3) is 0 Å². The molecule has 1 nitrogen and oxygen atoms in total. The number of carbonyl (C=O) groups is 1. The van der Waals surface area contributed by atoms with Crippen molar-refractivity contribution < 1.29 is 4.79 Å². The summed E-state index contributed by atoms with van der Waals surface area (Å²) in [5, 5.41) is 0. The molecule has 2 aromatic rings. The molecular formula is C21H20O. The molecule has 1 unspecified atom stereocenters. The van der Waals surface area contributed by atoms with Crippen LogP contribution < -0.4 is 0 Å². The highest BCUT2D eigenvalue weighted by atomic mass is 16.1. The molecule has 2 aromatic carbocycles. The fraction of sp³-hybridized carbons (Fsp3) is 0.286. The summed E-state index contributed by atoms with van der Waals surface area (Å²) in [6.07, 6.45) is 0.720. The van der Waals surface area contributed by atoms with Crippen LogP contribution in [0.15, 0.2) is 48.5 Å². The molecule has 0 spiro atoms. The Bertz CT molecular complexity index is 781. The first-order valence-electron chi connectivity index (χ1n) is 7.70. The lowest BCUT2D eigenvalue weighted by atomic mass is 9.75. The molecule has 0 N–H and O–H groups in total. The Morgan fingerprint density at radius 2 is 1.55 bits per heavy atom. The second-order valence-electron chi connectivity index (χ2n) is 6.87. The van der Waals surface area contributed by atoms with E-state index in [9.17, 15) is 4.79 Å². The van der Waals surface area contributed by atoms with E-state index in [0.29, 0.717) is 0 Å². The first-order chi connectivity index (χ1) is 10.5. The van der Waals surface area contributed by atoms with Crippen molar-refractivity contribution >= 4 is 5.78 Å². The van der Waals surface area contributed by atoms with Gasteiger partial charge in [0, 0.05) is 22.5 Å². The predicted molar refractivity (Wildman–Crippen MR) is 89.8 cm³/mol. The van der Waals surface area contributed by atoms with Gasteiger partial charge in [-0.2, -0.15) is 0 Å². The molecule has 110 valence electrons. The number of hydrogen-bond donors (Lipinski definition) is 0. The van der Waals surface area contributed by atoms with Crippen LogP contribution in [0.25, 0.3) is 0 Å². The third kappa shape index (κ3) is 2.70. The van der Waals surface area contributed by atoms with Gasteiger partial charge in [-0.05, 0) is 29.7 Å². The maximum atomic E-state index is 13.0. The topological polar surface area (TPSA) is 17.1 Å².